The van der Waals surface area contributed by atoms with Crippen molar-refractivity contribution < 1.29 is 0 Å². The van der Waals surface area contributed by atoms with Gasteiger partial charge in [-0.05, 0) is 49.9 Å². The van der Waals surface area contributed by atoms with Crippen LogP contribution in [0, 0.1) is 5.92 Å². The predicted molar refractivity (Wildman–Crippen MR) is 98.1 cm³/mol. The highest BCUT2D eigenvalue weighted by molar-refractivity contribution is 6.30. The first-order valence-electron chi connectivity index (χ1n) is 9.07. The van der Waals surface area contributed by atoms with Crippen LogP contribution in [0.3, 0.4) is 0 Å². The number of piperazine rings is 1. The van der Waals surface area contributed by atoms with E-state index in [1.807, 2.05) is 6.07 Å². The van der Waals surface area contributed by atoms with Gasteiger partial charge in [-0.25, -0.2) is 0 Å². The zero-order valence-corrected chi connectivity index (χ0v) is 15.2. The number of nitrogens with zero attached hydrogens (tertiary/aromatic N) is 2. The lowest BCUT2D eigenvalue weighted by Gasteiger charge is -2.41. The van der Waals surface area contributed by atoms with E-state index in [-0.39, 0.29) is 0 Å². The Labute approximate surface area is 146 Å². The molecule has 3 atom stereocenters. The molecule has 1 aromatic carbocycles. The third kappa shape index (κ3) is 4.69. The zero-order valence-electron chi connectivity index (χ0n) is 14.5. The molecule has 0 amide bonds. The average molecular weight is 336 g/mol. The molecule has 0 saturated carbocycles. The van der Waals surface area contributed by atoms with Gasteiger partial charge in [-0.2, -0.15) is 0 Å². The Bertz CT molecular complexity index is 507. The van der Waals surface area contributed by atoms with Gasteiger partial charge in [-0.1, -0.05) is 30.7 Å². The van der Waals surface area contributed by atoms with Crippen molar-refractivity contribution in [3.05, 3.63) is 34.9 Å². The van der Waals surface area contributed by atoms with Crippen LogP contribution in [0.25, 0.3) is 0 Å². The minimum absolute atomic E-state index is 0.448. The van der Waals surface area contributed by atoms with Crippen molar-refractivity contribution in [2.24, 2.45) is 5.92 Å². The monoisotopic (exact) mass is 335 g/mol. The number of halogens is 1. The molecule has 0 aromatic heterocycles. The van der Waals surface area contributed by atoms with Crippen molar-refractivity contribution >= 4 is 11.6 Å². The van der Waals surface area contributed by atoms with E-state index in [1.165, 1.54) is 31.5 Å². The molecule has 0 bridgehead atoms. The molecule has 2 saturated heterocycles. The second kappa shape index (κ2) is 7.98. The summed E-state index contributed by atoms with van der Waals surface area (Å²) in [7, 11) is 0. The fourth-order valence-electron chi connectivity index (χ4n) is 4.09. The highest BCUT2D eigenvalue weighted by atomic mass is 35.5. The molecule has 2 aliphatic rings. The van der Waals surface area contributed by atoms with Crippen LogP contribution in [0.1, 0.15) is 38.3 Å². The summed E-state index contributed by atoms with van der Waals surface area (Å²) in [6.45, 7) is 11.6. The maximum Gasteiger partial charge on any atom is 0.0476 e. The van der Waals surface area contributed by atoms with Crippen molar-refractivity contribution in [3.63, 3.8) is 0 Å². The summed E-state index contributed by atoms with van der Waals surface area (Å²) >= 11 is 6.28. The van der Waals surface area contributed by atoms with Gasteiger partial charge in [0, 0.05) is 49.8 Å². The van der Waals surface area contributed by atoms with Gasteiger partial charge in [0.05, 0.1) is 0 Å². The van der Waals surface area contributed by atoms with Crippen LogP contribution in [-0.2, 0) is 0 Å². The van der Waals surface area contributed by atoms with Gasteiger partial charge in [0.1, 0.15) is 0 Å². The van der Waals surface area contributed by atoms with E-state index in [0.29, 0.717) is 12.1 Å². The minimum atomic E-state index is 0.448. The molecule has 2 fully saturated rings. The molecule has 3 rings (SSSR count). The Balaban J connectivity index is 1.77. The highest BCUT2D eigenvalue weighted by Gasteiger charge is 2.28. The van der Waals surface area contributed by atoms with Crippen molar-refractivity contribution in [1.82, 2.24) is 15.1 Å². The van der Waals surface area contributed by atoms with E-state index in [0.717, 1.165) is 37.1 Å². The SMILES string of the molecule is CC1CCCN(CC(c2cccc(Cl)c2)N2CCNC(C)C2)C1. The largest absolute Gasteiger partial charge is 0.312 e. The Kier molecular flexibility index (Phi) is 5.97. The lowest BCUT2D eigenvalue weighted by molar-refractivity contribution is 0.0895. The first-order valence-corrected chi connectivity index (χ1v) is 9.45. The lowest BCUT2D eigenvalue weighted by Crippen LogP contribution is -2.52. The summed E-state index contributed by atoms with van der Waals surface area (Å²) in [6, 6.07) is 9.48. The first kappa shape index (κ1) is 17.2. The fourth-order valence-corrected chi connectivity index (χ4v) is 4.29. The molecule has 1 N–H and O–H groups in total. The van der Waals surface area contributed by atoms with Crippen LogP contribution >= 0.6 is 11.6 Å². The van der Waals surface area contributed by atoms with E-state index in [4.69, 9.17) is 11.6 Å². The topological polar surface area (TPSA) is 18.5 Å². The molecule has 0 radical (unpaired) electrons. The predicted octanol–water partition coefficient (Wildman–Crippen LogP) is 3.41. The van der Waals surface area contributed by atoms with Gasteiger partial charge < -0.3 is 10.2 Å². The van der Waals surface area contributed by atoms with Gasteiger partial charge in [-0.15, -0.1) is 0 Å². The summed E-state index contributed by atoms with van der Waals surface area (Å²) < 4.78 is 0. The summed E-state index contributed by atoms with van der Waals surface area (Å²) in [5.41, 5.74) is 1.37. The summed E-state index contributed by atoms with van der Waals surface area (Å²) in [6.07, 6.45) is 2.71. The van der Waals surface area contributed by atoms with Crippen LogP contribution in [0.5, 0.6) is 0 Å². The Morgan fingerprint density at radius 1 is 1.26 bits per heavy atom. The van der Waals surface area contributed by atoms with Crippen molar-refractivity contribution in [2.75, 3.05) is 39.3 Å². The lowest BCUT2D eigenvalue weighted by atomic mass is 9.97. The number of likely N-dealkylation sites (tertiary alicyclic amines) is 1. The molecule has 2 heterocycles. The van der Waals surface area contributed by atoms with E-state index < -0.39 is 0 Å². The van der Waals surface area contributed by atoms with Crippen molar-refractivity contribution in [1.29, 1.82) is 0 Å². The summed E-state index contributed by atoms with van der Waals surface area (Å²) in [5.74, 6) is 0.825. The van der Waals surface area contributed by atoms with Crippen LogP contribution < -0.4 is 5.32 Å². The van der Waals surface area contributed by atoms with Gasteiger partial charge >= 0.3 is 0 Å². The quantitative estimate of drug-likeness (QED) is 0.909. The molecule has 3 nitrogen and oxygen atoms in total. The molecule has 0 aliphatic carbocycles. The van der Waals surface area contributed by atoms with Crippen LogP contribution in [0.4, 0.5) is 0 Å². The molecule has 2 aliphatic heterocycles. The van der Waals surface area contributed by atoms with Gasteiger partial charge in [-0.3, -0.25) is 4.90 Å². The van der Waals surface area contributed by atoms with Gasteiger partial charge in [0.15, 0.2) is 0 Å². The van der Waals surface area contributed by atoms with E-state index in [9.17, 15) is 0 Å². The molecule has 0 spiro atoms. The Morgan fingerprint density at radius 2 is 2.13 bits per heavy atom. The first-order chi connectivity index (χ1) is 11.1. The number of nitrogens with one attached hydrogen (secondary N) is 1. The molecule has 1 aromatic rings. The van der Waals surface area contributed by atoms with E-state index in [2.05, 4.69) is 47.2 Å². The number of rotatable bonds is 4. The van der Waals surface area contributed by atoms with Crippen LogP contribution in [0.2, 0.25) is 5.02 Å². The maximum absolute atomic E-state index is 6.28. The molecular formula is C19H30ClN3. The van der Waals surface area contributed by atoms with Crippen molar-refractivity contribution in [2.45, 2.75) is 38.8 Å². The number of hydrogen-bond acceptors (Lipinski definition) is 3. The third-order valence-corrected chi connectivity index (χ3v) is 5.48. The van der Waals surface area contributed by atoms with E-state index >= 15 is 0 Å². The Hall–Kier alpha value is -0.610. The van der Waals surface area contributed by atoms with Crippen LogP contribution in [0.15, 0.2) is 24.3 Å². The average Bonchev–Trinajstić information content (AvgIpc) is 2.53. The smallest absolute Gasteiger partial charge is 0.0476 e. The van der Waals surface area contributed by atoms with Crippen LogP contribution in [-0.4, -0.2) is 55.1 Å². The normalized spacial score (nSPS) is 28.7. The Morgan fingerprint density at radius 3 is 2.87 bits per heavy atom. The second-order valence-electron chi connectivity index (χ2n) is 7.43. The molecule has 4 heteroatoms. The summed E-state index contributed by atoms with van der Waals surface area (Å²) in [4.78, 5) is 5.30. The fraction of sp³-hybridized carbons (Fsp3) is 0.684. The maximum atomic E-state index is 6.28. The number of benzene rings is 1. The summed E-state index contributed by atoms with van der Waals surface area (Å²) in [5, 5.41) is 4.41. The highest BCUT2D eigenvalue weighted by Crippen LogP contribution is 2.27. The second-order valence-corrected chi connectivity index (χ2v) is 7.86. The zero-order chi connectivity index (χ0) is 16.2. The standard InChI is InChI=1S/C19H30ClN3/c1-15-5-4-9-22(12-15)14-19(17-6-3-7-18(20)11-17)23-10-8-21-16(2)13-23/h3,6-7,11,15-16,19,21H,4-5,8-10,12-14H2,1-2H3. The van der Waals surface area contributed by atoms with Gasteiger partial charge in [0.25, 0.3) is 0 Å². The molecule has 128 valence electrons. The number of hydrogen-bond donors (Lipinski definition) is 1. The van der Waals surface area contributed by atoms with Crippen molar-refractivity contribution in [3.8, 4) is 0 Å². The van der Waals surface area contributed by atoms with E-state index in [1.54, 1.807) is 0 Å². The van der Waals surface area contributed by atoms with Gasteiger partial charge in [0.2, 0.25) is 0 Å². The molecule has 23 heavy (non-hydrogen) atoms. The molecular weight excluding hydrogens is 306 g/mol. The number of piperidine rings is 1. The molecule has 3 unspecified atom stereocenters. The minimum Gasteiger partial charge on any atom is -0.312 e. The third-order valence-electron chi connectivity index (χ3n) is 5.25.